The molecule has 11 heteroatoms. The summed E-state index contributed by atoms with van der Waals surface area (Å²) in [5.74, 6) is -2.58. The van der Waals surface area contributed by atoms with Crippen LogP contribution in [0.15, 0.2) is 106 Å². The van der Waals surface area contributed by atoms with Crippen LogP contribution in [0.3, 0.4) is 0 Å². The number of aliphatic imine (C=N–C) groups is 3. The Kier molecular flexibility index (Phi) is 7.33. The molecule has 2 fully saturated rings. The fourth-order valence-electron chi connectivity index (χ4n) is 6.90. The number of ether oxygens (including phenoxy) is 1. The topological polar surface area (TPSA) is 113 Å². The van der Waals surface area contributed by atoms with E-state index >= 15 is 0 Å². The van der Waals surface area contributed by atoms with Gasteiger partial charge in [0, 0.05) is 47.2 Å². The normalized spacial score (nSPS) is 25.4. The van der Waals surface area contributed by atoms with Gasteiger partial charge in [0.25, 0.3) is 0 Å². The Hall–Kier alpha value is -4.54. The number of ketones is 1. The molecule has 234 valence electrons. The lowest BCUT2D eigenvalue weighted by Gasteiger charge is -2.17. The number of allylic oxidation sites excluding steroid dienone is 13. The molecule has 0 unspecified atom stereocenters. The van der Waals surface area contributed by atoms with E-state index in [4.69, 9.17) is 14.7 Å². The van der Waals surface area contributed by atoms with Crippen LogP contribution in [0.1, 0.15) is 60.3 Å². The van der Waals surface area contributed by atoms with Crippen LogP contribution in [0, 0.1) is 11.8 Å². The third-order valence-electron chi connectivity index (χ3n) is 9.43. The lowest BCUT2D eigenvalue weighted by molar-refractivity contribution is -0.141. The molecule has 0 aromatic rings. The average molecular weight is 619 g/mol. The van der Waals surface area contributed by atoms with Crippen molar-refractivity contribution in [3.05, 3.63) is 91.5 Å². The van der Waals surface area contributed by atoms with Crippen molar-refractivity contribution in [1.82, 2.24) is 5.32 Å². The van der Waals surface area contributed by atoms with Gasteiger partial charge >= 0.3 is 12.1 Å². The summed E-state index contributed by atoms with van der Waals surface area (Å²) < 4.78 is 46.6. The minimum absolute atomic E-state index is 0.0423. The molecule has 1 aliphatic carbocycles. The number of hydrogen-bond acceptors (Lipinski definition) is 8. The van der Waals surface area contributed by atoms with E-state index in [1.54, 1.807) is 6.08 Å². The van der Waals surface area contributed by atoms with Crippen molar-refractivity contribution >= 4 is 28.9 Å². The van der Waals surface area contributed by atoms with Crippen molar-refractivity contribution in [3.8, 4) is 0 Å². The lowest BCUT2D eigenvalue weighted by atomic mass is 9.86. The van der Waals surface area contributed by atoms with Crippen LogP contribution in [-0.4, -0.2) is 47.3 Å². The first-order valence-electron chi connectivity index (χ1n) is 14.9. The van der Waals surface area contributed by atoms with Crippen molar-refractivity contribution < 1.29 is 32.6 Å². The third-order valence-corrected chi connectivity index (χ3v) is 9.43. The van der Waals surface area contributed by atoms with Gasteiger partial charge in [-0.15, -0.1) is 0 Å². The molecule has 0 amide bonds. The summed E-state index contributed by atoms with van der Waals surface area (Å²) in [5, 5.41) is 13.9. The lowest BCUT2D eigenvalue weighted by Crippen LogP contribution is -2.17. The Morgan fingerprint density at radius 1 is 1.04 bits per heavy atom. The van der Waals surface area contributed by atoms with Gasteiger partial charge in [-0.1, -0.05) is 13.8 Å². The van der Waals surface area contributed by atoms with Gasteiger partial charge in [-0.2, -0.15) is 13.2 Å². The molecule has 45 heavy (non-hydrogen) atoms. The van der Waals surface area contributed by atoms with Gasteiger partial charge in [0.1, 0.15) is 0 Å². The molecular weight excluding hydrogens is 585 g/mol. The van der Waals surface area contributed by atoms with Crippen LogP contribution in [0.2, 0.25) is 0 Å². The average Bonchev–Trinajstić information content (AvgIpc) is 3.73. The summed E-state index contributed by atoms with van der Waals surface area (Å²) in [6, 6.07) is 0. The summed E-state index contributed by atoms with van der Waals surface area (Å²) in [7, 11) is 1.33. The first-order valence-corrected chi connectivity index (χ1v) is 14.9. The zero-order valence-electron chi connectivity index (χ0n) is 25.9. The number of halogens is 3. The number of rotatable bonds is 4. The molecule has 6 rings (SSSR count). The second-order valence-electron chi connectivity index (χ2n) is 11.9. The Morgan fingerprint density at radius 3 is 2.40 bits per heavy atom. The maximum atomic E-state index is 13.9. The monoisotopic (exact) mass is 618 g/mol. The van der Waals surface area contributed by atoms with Crippen molar-refractivity contribution in [2.75, 3.05) is 7.11 Å². The van der Waals surface area contributed by atoms with Gasteiger partial charge in [0.15, 0.2) is 5.78 Å². The van der Waals surface area contributed by atoms with E-state index in [9.17, 15) is 27.9 Å². The van der Waals surface area contributed by atoms with Crippen molar-refractivity contribution in [3.63, 3.8) is 0 Å². The molecule has 0 aromatic carbocycles. The second kappa shape index (κ2) is 10.8. The predicted molar refractivity (Wildman–Crippen MR) is 164 cm³/mol. The number of aliphatic hydroxyl groups is 1. The van der Waals surface area contributed by atoms with Crippen molar-refractivity contribution in [2.24, 2.45) is 26.8 Å². The molecule has 5 heterocycles. The maximum Gasteiger partial charge on any atom is 0.449 e. The van der Waals surface area contributed by atoms with E-state index in [1.165, 1.54) is 20.1 Å². The van der Waals surface area contributed by atoms with Gasteiger partial charge in [-0.05, 0) is 74.1 Å². The van der Waals surface area contributed by atoms with Crippen LogP contribution in [0.25, 0.3) is 0 Å². The number of carbonyl (C=O) groups excluding carboxylic acids is 2. The number of carbonyl (C=O) groups is 2. The summed E-state index contributed by atoms with van der Waals surface area (Å²) >= 11 is 0. The predicted octanol–water partition coefficient (Wildman–Crippen LogP) is 6.74. The molecule has 5 aliphatic heterocycles. The highest BCUT2D eigenvalue weighted by molar-refractivity contribution is 6.38. The SMILES string of the molecule is CCC1=C(C)C2=CC3=NC(=C(C)/C3=C(/O)C(F)(F)F)C=C3NC(=C4CC(=O)C5=C(C)C(=CC1=N2)N=C45)[C@@H](CCC(=O)OC)[C@@H]3C. The van der Waals surface area contributed by atoms with Crippen LogP contribution in [-0.2, 0) is 14.3 Å². The Labute approximate surface area is 258 Å². The van der Waals surface area contributed by atoms with E-state index in [1.807, 2.05) is 33.8 Å². The molecule has 0 radical (unpaired) electrons. The molecule has 6 aliphatic rings. The highest BCUT2D eigenvalue weighted by Gasteiger charge is 2.44. The Bertz CT molecular complexity index is 1840. The van der Waals surface area contributed by atoms with E-state index in [0.717, 1.165) is 28.0 Å². The molecule has 0 aromatic heterocycles. The number of esters is 1. The van der Waals surface area contributed by atoms with Crippen molar-refractivity contribution in [1.29, 1.82) is 0 Å². The summed E-state index contributed by atoms with van der Waals surface area (Å²) in [6.07, 6.45) is 1.29. The van der Waals surface area contributed by atoms with Crippen LogP contribution < -0.4 is 5.32 Å². The molecule has 2 atom stereocenters. The van der Waals surface area contributed by atoms with Gasteiger partial charge in [-0.25, -0.2) is 15.0 Å². The minimum Gasteiger partial charge on any atom is -0.504 e. The largest absolute Gasteiger partial charge is 0.504 e. The summed E-state index contributed by atoms with van der Waals surface area (Å²) in [5.41, 5.74) is 7.34. The van der Waals surface area contributed by atoms with Gasteiger partial charge in [0.2, 0.25) is 5.76 Å². The summed E-state index contributed by atoms with van der Waals surface area (Å²) in [4.78, 5) is 39.9. The van der Waals surface area contributed by atoms with E-state index in [0.29, 0.717) is 46.9 Å². The van der Waals surface area contributed by atoms with Crippen molar-refractivity contribution in [2.45, 2.75) is 66.5 Å². The molecular formula is C34H33F3N4O4. The van der Waals surface area contributed by atoms with E-state index in [-0.39, 0.29) is 53.4 Å². The number of nitrogens with one attached hydrogen (secondary N) is 1. The van der Waals surface area contributed by atoms with Crippen LogP contribution in [0.5, 0.6) is 0 Å². The number of nitrogens with zero attached hydrogens (tertiary/aromatic N) is 3. The maximum absolute atomic E-state index is 13.9. The zero-order chi connectivity index (χ0) is 32.5. The highest BCUT2D eigenvalue weighted by atomic mass is 19.4. The number of fused-ring (bicyclic) bond motifs is 5. The Morgan fingerprint density at radius 2 is 1.73 bits per heavy atom. The molecule has 8 nitrogen and oxygen atoms in total. The van der Waals surface area contributed by atoms with Crippen LogP contribution in [0.4, 0.5) is 13.2 Å². The number of aliphatic hydroxyl groups excluding tert-OH is 1. The number of methoxy groups -OCH3 is 1. The smallest absolute Gasteiger partial charge is 0.449 e. The summed E-state index contributed by atoms with van der Waals surface area (Å²) in [6.45, 7) is 9.13. The first-order chi connectivity index (χ1) is 21.2. The number of hydrogen-bond donors (Lipinski definition) is 2. The zero-order valence-corrected chi connectivity index (χ0v) is 25.9. The van der Waals surface area contributed by atoms with Crippen LogP contribution >= 0.6 is 0 Å². The molecule has 0 spiro atoms. The van der Waals surface area contributed by atoms with Gasteiger partial charge in [0.05, 0.1) is 46.9 Å². The second-order valence-corrected chi connectivity index (χ2v) is 11.9. The quantitative estimate of drug-likeness (QED) is 0.268. The standard InChI is InChI=1S/C34H33F3N4O4/c1-7-18-14(2)21-13-26-29(33(44)34(35,36)37)16(4)23(39-26)11-22-15(3)19(8-9-28(43)45-6)31(40-22)20-10-27(42)30-17(5)24(41-32(20)30)12-25(18)38-21/h11-13,15,19,40,44H,7-10H2,1-6H3/b21-13?,22-11?,24-12?,31-20?,33-29-/t15-,19-/m0/s1. The molecule has 1 saturated heterocycles. The number of alkyl halides is 3. The first kappa shape index (κ1) is 30.5. The fourth-order valence-corrected chi connectivity index (χ4v) is 6.90. The molecule has 2 N–H and O–H groups in total. The molecule has 8 bridgehead atoms. The van der Waals surface area contributed by atoms with Gasteiger partial charge < -0.3 is 15.2 Å². The fraction of sp³-hybridized carbons (Fsp3) is 0.382. The molecule has 1 saturated carbocycles. The highest BCUT2D eigenvalue weighted by Crippen LogP contribution is 2.45. The number of Topliss-reactive ketones (excluding diaryl/α,β-unsaturated/α-hetero) is 1. The Balaban J connectivity index is 1.64. The van der Waals surface area contributed by atoms with Gasteiger partial charge in [-0.3, -0.25) is 9.59 Å². The van der Waals surface area contributed by atoms with E-state index in [2.05, 4.69) is 10.3 Å². The van der Waals surface area contributed by atoms with E-state index < -0.39 is 17.5 Å². The minimum atomic E-state index is -4.99. The third kappa shape index (κ3) is 4.89.